The number of alkyl halides is 3. The number of hydrogen-bond acceptors (Lipinski definition) is 3. The average molecular weight is 312 g/mol. The van der Waals surface area contributed by atoms with Gasteiger partial charge in [-0.2, -0.15) is 13.2 Å². The first-order valence-corrected chi connectivity index (χ1v) is 7.65. The molecule has 112 valence electrons. The summed E-state index contributed by atoms with van der Waals surface area (Å²) in [7, 11) is 0. The van der Waals surface area contributed by atoms with Crippen molar-refractivity contribution in [3.05, 3.63) is 51.5 Å². The van der Waals surface area contributed by atoms with Gasteiger partial charge in [0.05, 0.1) is 10.6 Å². The van der Waals surface area contributed by atoms with Gasteiger partial charge in [0, 0.05) is 30.1 Å². The summed E-state index contributed by atoms with van der Waals surface area (Å²) in [6, 6.07) is 6.08. The predicted molar refractivity (Wildman–Crippen MR) is 76.2 cm³/mol. The molecule has 1 aromatic carbocycles. The van der Waals surface area contributed by atoms with E-state index in [1.807, 2.05) is 6.20 Å². The van der Waals surface area contributed by atoms with Crippen LogP contribution in [0.3, 0.4) is 0 Å². The molecule has 6 heteroatoms. The summed E-state index contributed by atoms with van der Waals surface area (Å²) in [6.07, 6.45) is 0.422. The quantitative estimate of drug-likeness (QED) is 0.902. The third-order valence-electron chi connectivity index (χ3n) is 3.35. The van der Waals surface area contributed by atoms with E-state index in [0.29, 0.717) is 18.0 Å². The Hall–Kier alpha value is -1.40. The Bertz CT molecular complexity index is 617. The summed E-state index contributed by atoms with van der Waals surface area (Å²) < 4.78 is 38.0. The second-order valence-corrected chi connectivity index (χ2v) is 6.45. The first kappa shape index (κ1) is 14.5. The number of aromatic nitrogens is 1. The molecule has 0 aliphatic heterocycles. The summed E-state index contributed by atoms with van der Waals surface area (Å²) in [5.41, 5.74) is 0.0352. The Balaban J connectivity index is 1.65. The van der Waals surface area contributed by atoms with E-state index in [0.717, 1.165) is 22.5 Å². The third kappa shape index (κ3) is 4.04. The van der Waals surface area contributed by atoms with Gasteiger partial charge in [0.2, 0.25) is 0 Å². The SMILES string of the molecule is FC(F)(F)c1cccc(Cc2ncc(CNC3CC3)s2)c1. The lowest BCUT2D eigenvalue weighted by molar-refractivity contribution is -0.137. The maximum atomic E-state index is 12.7. The van der Waals surface area contributed by atoms with E-state index in [9.17, 15) is 13.2 Å². The van der Waals surface area contributed by atoms with Gasteiger partial charge in [-0.05, 0) is 24.5 Å². The molecule has 0 amide bonds. The van der Waals surface area contributed by atoms with Gasteiger partial charge < -0.3 is 5.32 Å². The van der Waals surface area contributed by atoms with Crippen LogP contribution in [-0.4, -0.2) is 11.0 Å². The normalized spacial score (nSPS) is 15.4. The van der Waals surface area contributed by atoms with E-state index < -0.39 is 11.7 Å². The predicted octanol–water partition coefficient (Wildman–Crippen LogP) is 4.00. The van der Waals surface area contributed by atoms with Gasteiger partial charge in [-0.25, -0.2) is 4.98 Å². The highest BCUT2D eigenvalue weighted by Gasteiger charge is 2.30. The summed E-state index contributed by atoms with van der Waals surface area (Å²) in [5, 5.41) is 4.25. The Morgan fingerprint density at radius 1 is 1.29 bits per heavy atom. The summed E-state index contributed by atoms with van der Waals surface area (Å²) in [6.45, 7) is 0.797. The lowest BCUT2D eigenvalue weighted by atomic mass is 10.1. The van der Waals surface area contributed by atoms with Gasteiger partial charge >= 0.3 is 6.18 Å². The van der Waals surface area contributed by atoms with Crippen LogP contribution in [0, 0.1) is 0 Å². The van der Waals surface area contributed by atoms with Crippen molar-refractivity contribution in [3.63, 3.8) is 0 Å². The second-order valence-electron chi connectivity index (χ2n) is 5.25. The van der Waals surface area contributed by atoms with E-state index >= 15 is 0 Å². The zero-order chi connectivity index (χ0) is 14.9. The fraction of sp³-hybridized carbons (Fsp3) is 0.400. The lowest BCUT2D eigenvalue weighted by Gasteiger charge is -2.07. The topological polar surface area (TPSA) is 24.9 Å². The molecule has 0 radical (unpaired) electrons. The Kier molecular flexibility index (Phi) is 3.99. The molecule has 0 spiro atoms. The minimum atomic E-state index is -4.29. The van der Waals surface area contributed by atoms with Crippen LogP contribution in [0.1, 0.15) is 33.9 Å². The zero-order valence-corrected chi connectivity index (χ0v) is 12.1. The van der Waals surface area contributed by atoms with E-state index in [1.54, 1.807) is 17.4 Å². The minimum Gasteiger partial charge on any atom is -0.309 e. The van der Waals surface area contributed by atoms with Crippen molar-refractivity contribution in [1.29, 1.82) is 0 Å². The summed E-state index contributed by atoms with van der Waals surface area (Å²) >= 11 is 1.56. The largest absolute Gasteiger partial charge is 0.416 e. The maximum Gasteiger partial charge on any atom is 0.416 e. The van der Waals surface area contributed by atoms with E-state index in [2.05, 4.69) is 10.3 Å². The molecule has 1 heterocycles. The fourth-order valence-corrected chi connectivity index (χ4v) is 2.98. The van der Waals surface area contributed by atoms with Crippen LogP contribution in [0.2, 0.25) is 0 Å². The van der Waals surface area contributed by atoms with Crippen LogP contribution in [0.4, 0.5) is 13.2 Å². The molecule has 2 aromatic rings. The molecule has 1 saturated carbocycles. The zero-order valence-electron chi connectivity index (χ0n) is 11.3. The number of nitrogens with one attached hydrogen (secondary N) is 1. The summed E-state index contributed by atoms with van der Waals surface area (Å²) in [5.74, 6) is 0. The minimum absolute atomic E-state index is 0.442. The smallest absolute Gasteiger partial charge is 0.309 e. The highest BCUT2D eigenvalue weighted by Crippen LogP contribution is 2.30. The first-order chi connectivity index (χ1) is 10.0. The maximum absolute atomic E-state index is 12.7. The monoisotopic (exact) mass is 312 g/mol. The van der Waals surface area contributed by atoms with Gasteiger partial charge in [0.1, 0.15) is 0 Å². The Morgan fingerprint density at radius 3 is 2.81 bits per heavy atom. The van der Waals surface area contributed by atoms with Crippen LogP contribution in [-0.2, 0) is 19.1 Å². The molecule has 1 fully saturated rings. The number of rotatable bonds is 5. The lowest BCUT2D eigenvalue weighted by Crippen LogP contribution is -2.14. The Morgan fingerprint density at radius 2 is 2.10 bits per heavy atom. The number of halogens is 3. The molecule has 3 rings (SSSR count). The third-order valence-corrected chi connectivity index (χ3v) is 4.35. The molecule has 2 nitrogen and oxygen atoms in total. The van der Waals surface area contributed by atoms with Gasteiger partial charge in [-0.1, -0.05) is 18.2 Å². The molecule has 21 heavy (non-hydrogen) atoms. The number of thiazole rings is 1. The van der Waals surface area contributed by atoms with E-state index in [4.69, 9.17) is 0 Å². The van der Waals surface area contributed by atoms with Crippen molar-refractivity contribution in [2.45, 2.75) is 38.0 Å². The standard InChI is InChI=1S/C15H15F3N2S/c16-15(17,18)11-3-1-2-10(6-11)7-14-20-9-13(21-14)8-19-12-4-5-12/h1-3,6,9,12,19H,4-5,7-8H2. The van der Waals surface area contributed by atoms with E-state index in [1.165, 1.54) is 25.0 Å². The molecule has 0 saturated heterocycles. The molecule has 0 atom stereocenters. The summed E-state index contributed by atoms with van der Waals surface area (Å²) in [4.78, 5) is 5.43. The average Bonchev–Trinajstić information content (AvgIpc) is 3.16. The van der Waals surface area contributed by atoms with Crippen molar-refractivity contribution < 1.29 is 13.2 Å². The van der Waals surface area contributed by atoms with Gasteiger partial charge in [-0.15, -0.1) is 11.3 Å². The highest BCUT2D eigenvalue weighted by atomic mass is 32.1. The van der Waals surface area contributed by atoms with E-state index in [-0.39, 0.29) is 0 Å². The van der Waals surface area contributed by atoms with Crippen molar-refractivity contribution >= 4 is 11.3 Å². The second kappa shape index (κ2) is 5.77. The van der Waals surface area contributed by atoms with Gasteiger partial charge in [0.15, 0.2) is 0 Å². The van der Waals surface area contributed by atoms with Crippen LogP contribution < -0.4 is 5.32 Å². The number of hydrogen-bond donors (Lipinski definition) is 1. The highest BCUT2D eigenvalue weighted by molar-refractivity contribution is 7.11. The molecular weight excluding hydrogens is 297 g/mol. The molecule has 1 aromatic heterocycles. The molecule has 0 bridgehead atoms. The Labute approximate surface area is 125 Å². The number of benzene rings is 1. The van der Waals surface area contributed by atoms with Crippen molar-refractivity contribution in [1.82, 2.24) is 10.3 Å². The van der Waals surface area contributed by atoms with Crippen LogP contribution in [0.25, 0.3) is 0 Å². The van der Waals surface area contributed by atoms with Crippen molar-refractivity contribution in [2.24, 2.45) is 0 Å². The number of nitrogens with zero attached hydrogens (tertiary/aromatic N) is 1. The van der Waals surface area contributed by atoms with Crippen LogP contribution >= 0.6 is 11.3 Å². The molecular formula is C15H15F3N2S. The van der Waals surface area contributed by atoms with Crippen molar-refractivity contribution in [2.75, 3.05) is 0 Å². The van der Waals surface area contributed by atoms with Gasteiger partial charge in [-0.3, -0.25) is 0 Å². The first-order valence-electron chi connectivity index (χ1n) is 6.84. The molecule has 0 unspecified atom stereocenters. The molecule has 1 aliphatic carbocycles. The van der Waals surface area contributed by atoms with Crippen LogP contribution in [0.15, 0.2) is 30.5 Å². The molecule has 1 N–H and O–H groups in total. The van der Waals surface area contributed by atoms with Crippen molar-refractivity contribution in [3.8, 4) is 0 Å². The van der Waals surface area contributed by atoms with Gasteiger partial charge in [0.25, 0.3) is 0 Å². The van der Waals surface area contributed by atoms with Crippen LogP contribution in [0.5, 0.6) is 0 Å². The molecule has 1 aliphatic rings. The fourth-order valence-electron chi connectivity index (χ4n) is 2.08.